The Balaban J connectivity index is 1.99. The largest absolute Gasteiger partial charge is 0.330 e. The fourth-order valence-electron chi connectivity index (χ4n) is 1.56. The van der Waals surface area contributed by atoms with Gasteiger partial charge in [-0.2, -0.15) is 0 Å². The molecule has 0 unspecified atom stereocenters. The Morgan fingerprint density at radius 1 is 1.33 bits per heavy atom. The Bertz CT molecular complexity index is 613. The molecule has 2 N–H and O–H groups in total. The van der Waals surface area contributed by atoms with Gasteiger partial charge in [0.2, 0.25) is 11.0 Å². The van der Waals surface area contributed by atoms with E-state index in [-0.39, 0.29) is 5.91 Å². The first-order valence-corrected chi connectivity index (χ1v) is 8.44. The first-order chi connectivity index (χ1) is 10.0. The molecule has 1 amide bonds. The van der Waals surface area contributed by atoms with E-state index in [0.29, 0.717) is 5.92 Å². The number of nitrogens with zero attached hydrogens (tertiary/aromatic N) is 2. The highest BCUT2D eigenvalue weighted by Gasteiger charge is 2.06. The third kappa shape index (κ3) is 5.35. The molecule has 0 radical (unpaired) electrons. The van der Waals surface area contributed by atoms with Crippen molar-refractivity contribution in [3.05, 3.63) is 24.3 Å². The first kappa shape index (κ1) is 15.8. The summed E-state index contributed by atoms with van der Waals surface area (Å²) in [4.78, 5) is 11.1. The minimum Gasteiger partial charge on any atom is -0.330 e. The number of aromatic nitrogens is 2. The lowest BCUT2D eigenvalue weighted by Crippen LogP contribution is -2.05. The van der Waals surface area contributed by atoms with E-state index in [1.807, 2.05) is 24.3 Å². The number of carbonyl (C=O) groups is 1. The zero-order chi connectivity index (χ0) is 15.2. The molecule has 1 aromatic heterocycles. The van der Waals surface area contributed by atoms with Crippen LogP contribution in [0.25, 0.3) is 0 Å². The van der Waals surface area contributed by atoms with Crippen molar-refractivity contribution in [3.8, 4) is 0 Å². The van der Waals surface area contributed by atoms with Crippen molar-refractivity contribution in [1.29, 1.82) is 0 Å². The molecule has 5 nitrogen and oxygen atoms in total. The van der Waals surface area contributed by atoms with Gasteiger partial charge in [0.25, 0.3) is 0 Å². The predicted octanol–water partition coefficient (Wildman–Crippen LogP) is 3.99. The van der Waals surface area contributed by atoms with Crippen LogP contribution in [0.3, 0.4) is 0 Å². The fraction of sp³-hybridized carbons (Fsp3) is 0.357. The normalized spacial score (nSPS) is 10.7. The Morgan fingerprint density at radius 3 is 2.81 bits per heavy atom. The number of hydrogen-bond acceptors (Lipinski definition) is 6. The van der Waals surface area contributed by atoms with Crippen LogP contribution < -0.4 is 10.6 Å². The van der Waals surface area contributed by atoms with Crippen LogP contribution >= 0.6 is 23.1 Å². The molecule has 112 valence electrons. The second-order valence-corrected chi connectivity index (χ2v) is 7.21. The standard InChI is InChI=1S/C14H18N4OS2/c1-9(2)8-20-14-18-17-13(21-14)16-12-6-4-5-11(7-12)15-10(3)19/h4-7,9H,8H2,1-3H3,(H,15,19)(H,16,17). The highest BCUT2D eigenvalue weighted by atomic mass is 32.2. The SMILES string of the molecule is CC(=O)Nc1cccc(Nc2nnc(SCC(C)C)s2)c1. The van der Waals surface area contributed by atoms with Crippen molar-refractivity contribution in [2.24, 2.45) is 5.92 Å². The maximum atomic E-state index is 11.1. The molecule has 0 aliphatic rings. The monoisotopic (exact) mass is 322 g/mol. The summed E-state index contributed by atoms with van der Waals surface area (Å²) >= 11 is 3.25. The van der Waals surface area contributed by atoms with E-state index < -0.39 is 0 Å². The maximum absolute atomic E-state index is 11.1. The summed E-state index contributed by atoms with van der Waals surface area (Å²) in [5.41, 5.74) is 1.63. The van der Waals surface area contributed by atoms with Crippen molar-refractivity contribution in [2.75, 3.05) is 16.4 Å². The number of nitrogens with one attached hydrogen (secondary N) is 2. The van der Waals surface area contributed by atoms with Gasteiger partial charge in [-0.05, 0) is 24.1 Å². The van der Waals surface area contributed by atoms with Crippen LogP contribution in [0.1, 0.15) is 20.8 Å². The van der Waals surface area contributed by atoms with Crippen LogP contribution in [-0.2, 0) is 4.79 Å². The van der Waals surface area contributed by atoms with Gasteiger partial charge in [-0.1, -0.05) is 43.0 Å². The topological polar surface area (TPSA) is 66.9 Å². The van der Waals surface area contributed by atoms with E-state index in [4.69, 9.17) is 0 Å². The van der Waals surface area contributed by atoms with Crippen molar-refractivity contribution >= 4 is 45.5 Å². The van der Waals surface area contributed by atoms with Gasteiger partial charge in [0, 0.05) is 24.1 Å². The zero-order valence-electron chi connectivity index (χ0n) is 12.2. The summed E-state index contributed by atoms with van der Waals surface area (Å²) in [5.74, 6) is 1.58. The molecule has 0 bridgehead atoms. The Morgan fingerprint density at radius 2 is 2.10 bits per heavy atom. The van der Waals surface area contributed by atoms with E-state index in [0.717, 1.165) is 26.6 Å². The molecule has 0 atom stereocenters. The van der Waals surface area contributed by atoms with Crippen LogP contribution in [0.5, 0.6) is 0 Å². The molecule has 0 saturated heterocycles. The molecular formula is C14H18N4OS2. The lowest BCUT2D eigenvalue weighted by atomic mass is 10.3. The molecule has 0 saturated carbocycles. The number of benzene rings is 1. The fourth-order valence-corrected chi connectivity index (χ4v) is 3.31. The second-order valence-electron chi connectivity index (χ2n) is 4.96. The van der Waals surface area contributed by atoms with E-state index in [1.165, 1.54) is 18.3 Å². The Hall–Kier alpha value is -1.60. The van der Waals surface area contributed by atoms with E-state index in [2.05, 4.69) is 34.7 Å². The van der Waals surface area contributed by atoms with E-state index in [9.17, 15) is 4.79 Å². The van der Waals surface area contributed by atoms with Crippen LogP contribution in [0, 0.1) is 5.92 Å². The quantitative estimate of drug-likeness (QED) is 0.787. The highest BCUT2D eigenvalue weighted by molar-refractivity contribution is 8.01. The van der Waals surface area contributed by atoms with Crippen molar-refractivity contribution in [1.82, 2.24) is 10.2 Å². The lowest BCUT2D eigenvalue weighted by molar-refractivity contribution is -0.114. The minimum absolute atomic E-state index is 0.0876. The Kier molecular flexibility index (Phi) is 5.58. The van der Waals surface area contributed by atoms with Gasteiger partial charge in [0.15, 0.2) is 4.34 Å². The summed E-state index contributed by atoms with van der Waals surface area (Å²) in [6, 6.07) is 7.51. The van der Waals surface area contributed by atoms with Crippen molar-refractivity contribution < 1.29 is 4.79 Å². The number of hydrogen-bond donors (Lipinski definition) is 2. The molecule has 0 spiro atoms. The molecule has 0 aliphatic heterocycles. The van der Waals surface area contributed by atoms with Crippen LogP contribution in [-0.4, -0.2) is 21.9 Å². The third-order valence-corrected chi connectivity index (χ3v) is 4.78. The molecule has 0 fully saturated rings. The highest BCUT2D eigenvalue weighted by Crippen LogP contribution is 2.29. The summed E-state index contributed by atoms with van der Waals surface area (Å²) in [6.07, 6.45) is 0. The number of anilines is 3. The van der Waals surface area contributed by atoms with Crippen molar-refractivity contribution in [2.45, 2.75) is 25.1 Å². The number of amides is 1. The molecule has 1 heterocycles. The third-order valence-electron chi connectivity index (χ3n) is 2.38. The molecule has 2 rings (SSSR count). The summed E-state index contributed by atoms with van der Waals surface area (Å²) in [6.45, 7) is 5.85. The maximum Gasteiger partial charge on any atom is 0.221 e. The average Bonchev–Trinajstić information content (AvgIpc) is 2.83. The molecule has 1 aromatic carbocycles. The summed E-state index contributed by atoms with van der Waals surface area (Å²) < 4.78 is 0.962. The molecular weight excluding hydrogens is 304 g/mol. The minimum atomic E-state index is -0.0876. The van der Waals surface area contributed by atoms with Gasteiger partial charge >= 0.3 is 0 Å². The van der Waals surface area contributed by atoms with Crippen LogP contribution in [0.2, 0.25) is 0 Å². The van der Waals surface area contributed by atoms with E-state index >= 15 is 0 Å². The number of rotatable bonds is 6. The zero-order valence-corrected chi connectivity index (χ0v) is 13.8. The van der Waals surface area contributed by atoms with Crippen molar-refractivity contribution in [3.63, 3.8) is 0 Å². The van der Waals surface area contributed by atoms with Gasteiger partial charge in [0.1, 0.15) is 0 Å². The number of carbonyl (C=O) groups excluding carboxylic acids is 1. The van der Waals surface area contributed by atoms with E-state index in [1.54, 1.807) is 11.8 Å². The van der Waals surface area contributed by atoms with Crippen LogP contribution in [0.4, 0.5) is 16.5 Å². The van der Waals surface area contributed by atoms with Gasteiger partial charge in [-0.25, -0.2) is 0 Å². The Labute approximate surface area is 132 Å². The van der Waals surface area contributed by atoms with Crippen LogP contribution in [0.15, 0.2) is 28.6 Å². The van der Waals surface area contributed by atoms with Gasteiger partial charge < -0.3 is 10.6 Å². The molecule has 0 aliphatic carbocycles. The van der Waals surface area contributed by atoms with Gasteiger partial charge in [0.05, 0.1) is 0 Å². The van der Waals surface area contributed by atoms with Gasteiger partial charge in [-0.3, -0.25) is 4.79 Å². The average molecular weight is 322 g/mol. The smallest absolute Gasteiger partial charge is 0.221 e. The number of thioether (sulfide) groups is 1. The summed E-state index contributed by atoms with van der Waals surface area (Å²) in [5, 5.41) is 15.0. The molecule has 7 heteroatoms. The predicted molar refractivity (Wildman–Crippen MR) is 89.5 cm³/mol. The lowest BCUT2D eigenvalue weighted by Gasteiger charge is -2.05. The second kappa shape index (κ2) is 7.42. The summed E-state index contributed by atoms with van der Waals surface area (Å²) in [7, 11) is 0. The van der Waals surface area contributed by atoms with Gasteiger partial charge in [-0.15, -0.1) is 10.2 Å². The molecule has 2 aromatic rings. The first-order valence-electron chi connectivity index (χ1n) is 6.64. The molecule has 21 heavy (non-hydrogen) atoms.